The molecule has 0 unspecified atom stereocenters. The molecule has 0 saturated carbocycles. The summed E-state index contributed by atoms with van der Waals surface area (Å²) in [7, 11) is 0. The highest BCUT2D eigenvalue weighted by Crippen LogP contribution is 2.19. The smallest absolute Gasteiger partial charge is 0.0406 e. The first-order chi connectivity index (χ1) is 6.24. The summed E-state index contributed by atoms with van der Waals surface area (Å²) in [4.78, 5) is 0. The summed E-state index contributed by atoms with van der Waals surface area (Å²) >= 11 is 5.77. The molecular formula is C12H13Cl. The van der Waals surface area contributed by atoms with Crippen LogP contribution in [0.25, 0.3) is 5.57 Å². The molecule has 1 aromatic carbocycles. The van der Waals surface area contributed by atoms with Gasteiger partial charge in [0.15, 0.2) is 0 Å². The van der Waals surface area contributed by atoms with Crippen molar-refractivity contribution in [2.45, 2.75) is 12.8 Å². The molecule has 0 nitrogen and oxygen atoms in total. The van der Waals surface area contributed by atoms with E-state index in [9.17, 15) is 0 Å². The van der Waals surface area contributed by atoms with Crippen molar-refractivity contribution in [3.63, 3.8) is 0 Å². The van der Waals surface area contributed by atoms with Gasteiger partial charge in [-0.2, -0.15) is 0 Å². The van der Waals surface area contributed by atoms with E-state index in [1.807, 2.05) is 30.3 Å². The highest BCUT2D eigenvalue weighted by molar-refractivity contribution is 6.30. The van der Waals surface area contributed by atoms with Gasteiger partial charge in [0.1, 0.15) is 0 Å². The van der Waals surface area contributed by atoms with Crippen LogP contribution in [0.5, 0.6) is 0 Å². The molecule has 0 heterocycles. The Morgan fingerprint density at radius 2 is 1.92 bits per heavy atom. The molecule has 0 fully saturated rings. The molecule has 0 aliphatic heterocycles. The predicted octanol–water partition coefficient (Wildman–Crippen LogP) is 4.32. The van der Waals surface area contributed by atoms with Gasteiger partial charge in [0.2, 0.25) is 0 Å². The summed E-state index contributed by atoms with van der Waals surface area (Å²) in [5, 5.41) is 0.764. The lowest BCUT2D eigenvalue weighted by molar-refractivity contribution is 1.08. The van der Waals surface area contributed by atoms with Crippen molar-refractivity contribution in [2.24, 2.45) is 0 Å². The molecule has 0 bridgehead atoms. The van der Waals surface area contributed by atoms with Crippen LogP contribution in [0.1, 0.15) is 18.4 Å². The average Bonchev–Trinajstić information content (AvgIpc) is 2.15. The van der Waals surface area contributed by atoms with Gasteiger partial charge in [-0.25, -0.2) is 0 Å². The van der Waals surface area contributed by atoms with Gasteiger partial charge in [0.25, 0.3) is 0 Å². The van der Waals surface area contributed by atoms with Crippen LogP contribution < -0.4 is 0 Å². The van der Waals surface area contributed by atoms with E-state index in [4.69, 9.17) is 11.6 Å². The Kier molecular flexibility index (Phi) is 3.78. The molecule has 1 rings (SSSR count). The lowest BCUT2D eigenvalue weighted by atomic mass is 10.0. The van der Waals surface area contributed by atoms with E-state index in [-0.39, 0.29) is 0 Å². The summed E-state index contributed by atoms with van der Waals surface area (Å²) in [6.45, 7) is 7.68. The molecule has 0 saturated heterocycles. The zero-order valence-corrected chi connectivity index (χ0v) is 8.35. The van der Waals surface area contributed by atoms with Crippen LogP contribution in [-0.2, 0) is 0 Å². The van der Waals surface area contributed by atoms with Crippen LogP contribution in [0, 0.1) is 0 Å². The normalized spacial score (nSPS) is 9.62. The second kappa shape index (κ2) is 4.88. The number of rotatable bonds is 4. The molecule has 68 valence electrons. The summed E-state index contributed by atoms with van der Waals surface area (Å²) < 4.78 is 0. The number of benzene rings is 1. The van der Waals surface area contributed by atoms with Gasteiger partial charge in [-0.15, -0.1) is 6.58 Å². The molecule has 0 atom stereocenters. The van der Waals surface area contributed by atoms with E-state index in [0.29, 0.717) is 0 Å². The number of hydrogen-bond donors (Lipinski definition) is 0. The van der Waals surface area contributed by atoms with Crippen LogP contribution in [-0.4, -0.2) is 0 Å². The third kappa shape index (κ3) is 3.08. The number of allylic oxidation sites excluding steroid dienone is 2. The minimum Gasteiger partial charge on any atom is -0.103 e. The molecule has 13 heavy (non-hydrogen) atoms. The molecule has 0 aliphatic carbocycles. The van der Waals surface area contributed by atoms with Gasteiger partial charge < -0.3 is 0 Å². The predicted molar refractivity (Wildman–Crippen MR) is 59.9 cm³/mol. The van der Waals surface area contributed by atoms with Crippen LogP contribution >= 0.6 is 11.6 Å². The van der Waals surface area contributed by atoms with E-state index in [2.05, 4.69) is 13.2 Å². The van der Waals surface area contributed by atoms with Gasteiger partial charge >= 0.3 is 0 Å². The topological polar surface area (TPSA) is 0 Å². The monoisotopic (exact) mass is 192 g/mol. The summed E-state index contributed by atoms with van der Waals surface area (Å²) in [5.74, 6) is 0. The largest absolute Gasteiger partial charge is 0.103 e. The third-order valence-electron chi connectivity index (χ3n) is 1.90. The van der Waals surface area contributed by atoms with Crippen LogP contribution in [0.2, 0.25) is 5.02 Å². The molecule has 0 spiro atoms. The minimum absolute atomic E-state index is 0.764. The highest BCUT2D eigenvalue weighted by atomic mass is 35.5. The summed E-state index contributed by atoms with van der Waals surface area (Å²) in [6, 6.07) is 7.76. The van der Waals surface area contributed by atoms with E-state index in [1.54, 1.807) is 0 Å². The number of hydrogen-bond acceptors (Lipinski definition) is 0. The zero-order chi connectivity index (χ0) is 9.68. The fourth-order valence-corrected chi connectivity index (χ4v) is 1.23. The van der Waals surface area contributed by atoms with Crippen molar-refractivity contribution < 1.29 is 0 Å². The third-order valence-corrected chi connectivity index (χ3v) is 2.15. The van der Waals surface area contributed by atoms with Crippen LogP contribution in [0.3, 0.4) is 0 Å². The SMILES string of the molecule is C=CCCC(=C)c1ccc(Cl)cc1. The second-order valence-electron chi connectivity index (χ2n) is 2.94. The van der Waals surface area contributed by atoms with Crippen molar-refractivity contribution in [3.05, 3.63) is 54.1 Å². The number of halogens is 1. The average molecular weight is 193 g/mol. The van der Waals surface area contributed by atoms with Gasteiger partial charge in [-0.3, -0.25) is 0 Å². The Labute approximate surface area is 84.5 Å². The maximum atomic E-state index is 5.77. The van der Waals surface area contributed by atoms with Crippen molar-refractivity contribution in [1.82, 2.24) is 0 Å². The first kappa shape index (κ1) is 10.1. The molecular weight excluding hydrogens is 180 g/mol. The Balaban J connectivity index is 2.66. The van der Waals surface area contributed by atoms with E-state index in [0.717, 1.165) is 29.0 Å². The van der Waals surface area contributed by atoms with Crippen LogP contribution in [0.4, 0.5) is 0 Å². The maximum Gasteiger partial charge on any atom is 0.0406 e. The fraction of sp³-hybridized carbons (Fsp3) is 0.167. The molecule has 0 radical (unpaired) electrons. The van der Waals surface area contributed by atoms with E-state index < -0.39 is 0 Å². The molecule has 0 amide bonds. The first-order valence-corrected chi connectivity index (χ1v) is 4.66. The summed E-state index contributed by atoms with van der Waals surface area (Å²) in [5.41, 5.74) is 2.29. The van der Waals surface area contributed by atoms with Crippen molar-refractivity contribution in [2.75, 3.05) is 0 Å². The van der Waals surface area contributed by atoms with Gasteiger partial charge in [0.05, 0.1) is 0 Å². The van der Waals surface area contributed by atoms with E-state index >= 15 is 0 Å². The Hall–Kier alpha value is -1.01. The lowest BCUT2D eigenvalue weighted by Gasteiger charge is -2.03. The zero-order valence-electron chi connectivity index (χ0n) is 7.59. The molecule has 1 aromatic rings. The van der Waals surface area contributed by atoms with Crippen LogP contribution in [0.15, 0.2) is 43.5 Å². The Bertz CT molecular complexity index is 295. The lowest BCUT2D eigenvalue weighted by Crippen LogP contribution is -1.81. The van der Waals surface area contributed by atoms with Gasteiger partial charge in [-0.05, 0) is 36.1 Å². The van der Waals surface area contributed by atoms with Gasteiger partial charge in [-0.1, -0.05) is 36.4 Å². The van der Waals surface area contributed by atoms with Crippen molar-refractivity contribution in [1.29, 1.82) is 0 Å². The fourth-order valence-electron chi connectivity index (χ4n) is 1.11. The van der Waals surface area contributed by atoms with Gasteiger partial charge in [0, 0.05) is 5.02 Å². The maximum absolute atomic E-state index is 5.77. The Morgan fingerprint density at radius 1 is 1.31 bits per heavy atom. The van der Waals surface area contributed by atoms with Crippen molar-refractivity contribution >= 4 is 17.2 Å². The van der Waals surface area contributed by atoms with Crippen molar-refractivity contribution in [3.8, 4) is 0 Å². The summed E-state index contributed by atoms with van der Waals surface area (Å²) in [6.07, 6.45) is 3.84. The molecule has 1 heteroatoms. The van der Waals surface area contributed by atoms with E-state index in [1.165, 1.54) is 0 Å². The molecule has 0 aromatic heterocycles. The molecule has 0 aliphatic rings. The Morgan fingerprint density at radius 3 is 2.46 bits per heavy atom. The second-order valence-corrected chi connectivity index (χ2v) is 3.37. The minimum atomic E-state index is 0.764. The molecule has 0 N–H and O–H groups in total. The first-order valence-electron chi connectivity index (χ1n) is 4.28. The quantitative estimate of drug-likeness (QED) is 0.624. The standard InChI is InChI=1S/C12H13Cl/c1-3-4-5-10(2)11-6-8-12(13)9-7-11/h3,6-9H,1-2,4-5H2. The highest BCUT2D eigenvalue weighted by Gasteiger charge is 1.96.